The molecule has 0 radical (unpaired) electrons. The third-order valence-corrected chi connectivity index (χ3v) is 24.1. The molecule has 0 spiro atoms. The zero-order chi connectivity index (χ0) is 61.0. The number of hydrogen-bond acceptors (Lipinski definition) is 16. The van der Waals surface area contributed by atoms with E-state index in [0.717, 1.165) is 49.7 Å². The molecule has 2 aromatic carbocycles. The summed E-state index contributed by atoms with van der Waals surface area (Å²) in [7, 11) is 0. The van der Waals surface area contributed by atoms with Crippen molar-refractivity contribution in [3.63, 3.8) is 0 Å². The number of aliphatic hydroxyl groups is 1. The van der Waals surface area contributed by atoms with Crippen LogP contribution >= 0.6 is 0 Å². The zero-order valence-corrected chi connectivity index (χ0v) is 54.1. The minimum absolute atomic E-state index is 0.0742. The van der Waals surface area contributed by atoms with Crippen LogP contribution in [0, 0.1) is 0 Å². The van der Waals surface area contributed by atoms with Crippen LogP contribution in [0.3, 0.4) is 0 Å². The highest BCUT2D eigenvalue weighted by molar-refractivity contribution is 5.21. The Morgan fingerprint density at radius 3 is 1.79 bits per heavy atom. The molecule has 12 fully saturated rings. The first-order valence-electron chi connectivity index (χ1n) is 33.5. The molecule has 14 rings (SSSR count). The molecule has 0 bridgehead atoms. The third-order valence-electron chi connectivity index (χ3n) is 24.1. The SMILES string of the molecule is C=CC[C@]1(C)O[C@@H]2C[C@]3(C)O[C@@H]4C[C@]5(C)O[C@@H]6CC[C@@](C)([C@@H]7O[C@]8(C)C[C@@H]9O[C@@H]%10C[C@@H]%11O[C@@H]%12CCOC(C)(C)O[C@H]%12C[C@@]%11(C)O[C@@]%10(C)CC[C@@]9(C)O[C@H]8C[C@H]7OCc7ccccc7)O[C@H]6C[C@H]5O[C@@]4(C)CC[C@H]3O[C@@]2(C)[C@@H](OCc2ccccc2)[C@H]1O. The molecule has 87 heavy (non-hydrogen) atoms. The van der Waals surface area contributed by atoms with Crippen molar-refractivity contribution < 1.29 is 76.2 Å². The van der Waals surface area contributed by atoms with Crippen LogP contribution in [0.2, 0.25) is 0 Å². The van der Waals surface area contributed by atoms with Crippen molar-refractivity contribution in [2.24, 2.45) is 0 Å². The fraction of sp³-hybridized carbons (Fsp3) is 0.803. The number of ether oxygens (including phenoxy) is 15. The maximum atomic E-state index is 12.2. The Morgan fingerprint density at radius 2 is 1.07 bits per heavy atom. The van der Waals surface area contributed by atoms with Crippen molar-refractivity contribution >= 4 is 0 Å². The van der Waals surface area contributed by atoms with Crippen molar-refractivity contribution in [1.82, 2.24) is 0 Å². The summed E-state index contributed by atoms with van der Waals surface area (Å²) in [4.78, 5) is 0. The van der Waals surface area contributed by atoms with Gasteiger partial charge in [-0.15, -0.1) is 6.58 Å². The Balaban J connectivity index is 0.687. The van der Waals surface area contributed by atoms with Crippen molar-refractivity contribution in [2.45, 2.75) is 352 Å². The molecule has 12 heterocycles. The quantitative estimate of drug-likeness (QED) is 0.236. The molecule has 26 atom stereocenters. The van der Waals surface area contributed by atoms with Crippen LogP contribution in [0.15, 0.2) is 73.3 Å². The minimum atomic E-state index is -0.968. The van der Waals surface area contributed by atoms with Crippen LogP contribution in [0.1, 0.15) is 191 Å². The highest BCUT2D eigenvalue weighted by Gasteiger charge is 2.70. The van der Waals surface area contributed by atoms with E-state index in [1.165, 1.54) is 0 Å². The summed E-state index contributed by atoms with van der Waals surface area (Å²) >= 11 is 0. The Kier molecular flexibility index (Phi) is 15.5. The van der Waals surface area contributed by atoms with Crippen LogP contribution in [-0.4, -0.2) is 171 Å². The predicted molar refractivity (Wildman–Crippen MR) is 322 cm³/mol. The van der Waals surface area contributed by atoms with Gasteiger partial charge in [0.05, 0.1) is 150 Å². The molecule has 2 aromatic rings. The zero-order valence-electron chi connectivity index (χ0n) is 54.1. The van der Waals surface area contributed by atoms with Crippen molar-refractivity contribution in [3.8, 4) is 0 Å². The molecule has 0 amide bonds. The van der Waals surface area contributed by atoms with Crippen molar-refractivity contribution in [1.29, 1.82) is 0 Å². The largest absolute Gasteiger partial charge is 0.387 e. The standard InChI is InChI=1S/C71H102O16/c1-14-28-65(7)58(72)60(74-42-44-23-19-16-20-24-44)71(13)57(84-65)40-67(9)50(85-71)26-30-62(4)56(83-67)39-68(10)53(81-62)34-47-46(79-68)25-29-66(8,80-47)59-48(73-41-43-21-17-15-18-22-43)35-54-69(11,86-59)38-55-63(5,82-54)31-32-64(6)51(77-55)36-52-70(12,87-64)37-49-45(76-52)27-33-75-61(2,3)78-49/h14-24,45-60,72H,1,25-42H2,2-13H3/t45-,46-,47+,48-,49+,50-,51-,52+,53-,54+,55+,56-,57-,58-,59-,60+,62+,63-,64+,65+,66+,67+,68+,69-,70-,71-/m1/s1. The summed E-state index contributed by atoms with van der Waals surface area (Å²) < 4.78 is 108. The molecule has 0 aliphatic carbocycles. The molecule has 482 valence electrons. The van der Waals surface area contributed by atoms with Gasteiger partial charge >= 0.3 is 0 Å². The lowest BCUT2D eigenvalue weighted by Crippen LogP contribution is -2.75. The van der Waals surface area contributed by atoms with E-state index in [0.29, 0.717) is 77.6 Å². The van der Waals surface area contributed by atoms with Gasteiger partial charge in [0.2, 0.25) is 0 Å². The lowest BCUT2D eigenvalue weighted by molar-refractivity contribution is -0.382. The summed E-state index contributed by atoms with van der Waals surface area (Å²) in [5, 5.41) is 12.2. The van der Waals surface area contributed by atoms with E-state index in [-0.39, 0.29) is 73.2 Å². The van der Waals surface area contributed by atoms with Crippen molar-refractivity contribution in [2.75, 3.05) is 6.61 Å². The first kappa shape index (κ1) is 62.0. The summed E-state index contributed by atoms with van der Waals surface area (Å²) in [5.74, 6) is -0.686. The third kappa shape index (κ3) is 10.8. The number of aliphatic hydroxyl groups excluding tert-OH is 1. The summed E-state index contributed by atoms with van der Waals surface area (Å²) in [5.41, 5.74) is -4.97. The van der Waals surface area contributed by atoms with Gasteiger partial charge in [-0.1, -0.05) is 66.7 Å². The topological polar surface area (TPSA) is 159 Å². The van der Waals surface area contributed by atoms with Gasteiger partial charge in [0.25, 0.3) is 0 Å². The lowest BCUT2D eigenvalue weighted by atomic mass is 9.70. The average Bonchev–Trinajstić information content (AvgIpc) is 1.72. The lowest BCUT2D eigenvalue weighted by Gasteiger charge is -2.62. The fourth-order valence-electron chi connectivity index (χ4n) is 18.7. The van der Waals surface area contributed by atoms with Gasteiger partial charge in [-0.05, 0) is 146 Å². The Morgan fingerprint density at radius 1 is 0.471 bits per heavy atom. The van der Waals surface area contributed by atoms with E-state index >= 15 is 0 Å². The maximum absolute atomic E-state index is 12.2. The average molecular weight is 1210 g/mol. The number of hydrogen-bond donors (Lipinski definition) is 1. The fourth-order valence-corrected chi connectivity index (χ4v) is 18.7. The summed E-state index contributed by atoms with van der Waals surface area (Å²) in [6, 6.07) is 20.5. The highest BCUT2D eigenvalue weighted by atomic mass is 16.7. The van der Waals surface area contributed by atoms with E-state index in [9.17, 15) is 5.11 Å². The monoisotopic (exact) mass is 1210 g/mol. The second-order valence-electron chi connectivity index (χ2n) is 31.5. The normalized spacial score (nSPS) is 53.3. The molecule has 0 aromatic heterocycles. The summed E-state index contributed by atoms with van der Waals surface area (Å²) in [6.07, 6.45) is 6.89. The molecule has 12 aliphatic heterocycles. The highest BCUT2D eigenvalue weighted by Crippen LogP contribution is 2.59. The van der Waals surface area contributed by atoms with E-state index < -0.39 is 86.2 Å². The molecule has 0 unspecified atom stereocenters. The van der Waals surface area contributed by atoms with E-state index in [2.05, 4.69) is 93.2 Å². The Hall–Kier alpha value is -2.46. The first-order chi connectivity index (χ1) is 41.1. The van der Waals surface area contributed by atoms with Gasteiger partial charge < -0.3 is 76.2 Å². The molecular weight excluding hydrogens is 1110 g/mol. The van der Waals surface area contributed by atoms with Crippen LogP contribution < -0.4 is 0 Å². The minimum Gasteiger partial charge on any atom is -0.387 e. The van der Waals surface area contributed by atoms with Crippen LogP contribution in [0.4, 0.5) is 0 Å². The second-order valence-corrected chi connectivity index (χ2v) is 31.5. The Labute approximate surface area is 517 Å². The van der Waals surface area contributed by atoms with Crippen LogP contribution in [0.25, 0.3) is 0 Å². The molecular formula is C71H102O16. The number of rotatable bonds is 9. The van der Waals surface area contributed by atoms with Gasteiger partial charge in [0.1, 0.15) is 23.9 Å². The smallest absolute Gasteiger partial charge is 0.163 e. The van der Waals surface area contributed by atoms with Gasteiger partial charge in [0, 0.05) is 44.9 Å². The van der Waals surface area contributed by atoms with Crippen LogP contribution in [0.5, 0.6) is 0 Å². The first-order valence-corrected chi connectivity index (χ1v) is 33.5. The molecule has 12 aliphatic rings. The number of fused-ring (bicyclic) bond motifs is 10. The molecule has 0 saturated carbocycles. The van der Waals surface area contributed by atoms with Gasteiger partial charge in [-0.25, -0.2) is 0 Å². The number of benzene rings is 2. The van der Waals surface area contributed by atoms with E-state index in [4.69, 9.17) is 71.1 Å². The summed E-state index contributed by atoms with van der Waals surface area (Å²) in [6.45, 7) is 31.2. The molecule has 16 heteroatoms. The van der Waals surface area contributed by atoms with Crippen LogP contribution in [-0.2, 0) is 84.3 Å². The van der Waals surface area contributed by atoms with E-state index in [1.54, 1.807) is 0 Å². The maximum Gasteiger partial charge on any atom is 0.163 e. The van der Waals surface area contributed by atoms with Crippen molar-refractivity contribution in [3.05, 3.63) is 84.4 Å². The van der Waals surface area contributed by atoms with Gasteiger partial charge in [0.15, 0.2) is 5.79 Å². The van der Waals surface area contributed by atoms with E-state index in [1.807, 2.05) is 63.2 Å². The Bertz CT molecular complexity index is 2830. The van der Waals surface area contributed by atoms with Gasteiger partial charge in [-0.3, -0.25) is 0 Å². The van der Waals surface area contributed by atoms with Gasteiger partial charge in [-0.2, -0.15) is 0 Å². The predicted octanol–water partition coefficient (Wildman–Crippen LogP) is 11.0. The molecule has 12 saturated heterocycles. The second kappa shape index (κ2) is 21.8. The molecule has 16 nitrogen and oxygen atoms in total. The molecule has 1 N–H and O–H groups in total.